The second-order valence-corrected chi connectivity index (χ2v) is 17.9. The van der Waals surface area contributed by atoms with Gasteiger partial charge in [0.1, 0.15) is 22.3 Å². The Labute approximate surface area is 393 Å². The van der Waals surface area contributed by atoms with Gasteiger partial charge in [-0.05, 0) is 110 Å². The molecule has 0 atom stereocenters. The molecule has 0 N–H and O–H groups in total. The van der Waals surface area contributed by atoms with E-state index >= 15 is 0 Å². The fourth-order valence-electron chi connectivity index (χ4n) is 11.5. The van der Waals surface area contributed by atoms with Crippen molar-refractivity contribution in [3.63, 3.8) is 0 Å². The Morgan fingerprint density at radius 2 is 0.838 bits per heavy atom. The molecule has 1 aliphatic carbocycles. The van der Waals surface area contributed by atoms with Crippen molar-refractivity contribution in [3.8, 4) is 33.4 Å². The van der Waals surface area contributed by atoms with Gasteiger partial charge in [-0.3, -0.25) is 0 Å². The van der Waals surface area contributed by atoms with E-state index in [-0.39, 0.29) is 0 Å². The molecule has 0 spiro atoms. The molecule has 0 fully saturated rings. The normalized spacial score (nSPS) is 12.8. The Hall–Kier alpha value is -8.92. The highest BCUT2D eigenvalue weighted by atomic mass is 16.3. The highest BCUT2D eigenvalue weighted by Gasteiger charge is 2.47. The molecule has 14 rings (SSSR count). The lowest BCUT2D eigenvalue weighted by molar-refractivity contribution is 0.669. The van der Waals surface area contributed by atoms with Crippen LogP contribution in [0.4, 0.5) is 17.1 Å². The van der Waals surface area contributed by atoms with Crippen molar-refractivity contribution in [2.24, 2.45) is 0 Å². The molecule has 0 saturated carbocycles. The van der Waals surface area contributed by atoms with Gasteiger partial charge in [-0.25, -0.2) is 0 Å². The summed E-state index contributed by atoms with van der Waals surface area (Å²) >= 11 is 0. The number of hydrogen-bond acceptors (Lipinski definition) is 3. The second kappa shape index (κ2) is 15.1. The van der Waals surface area contributed by atoms with Gasteiger partial charge < -0.3 is 13.7 Å². The van der Waals surface area contributed by atoms with E-state index in [2.05, 4.69) is 241 Å². The van der Waals surface area contributed by atoms with Gasteiger partial charge >= 0.3 is 0 Å². The van der Waals surface area contributed by atoms with E-state index in [1.54, 1.807) is 0 Å². The van der Waals surface area contributed by atoms with E-state index in [1.807, 2.05) is 12.1 Å². The van der Waals surface area contributed by atoms with E-state index < -0.39 is 5.41 Å². The van der Waals surface area contributed by atoms with Crippen LogP contribution in [0.3, 0.4) is 0 Å². The van der Waals surface area contributed by atoms with E-state index in [0.717, 1.165) is 88.6 Å². The van der Waals surface area contributed by atoms with Crippen LogP contribution in [0, 0.1) is 0 Å². The van der Waals surface area contributed by atoms with E-state index in [9.17, 15) is 0 Å². The Bertz CT molecular complexity index is 4030. The first-order valence-corrected chi connectivity index (χ1v) is 23.3. The first-order valence-electron chi connectivity index (χ1n) is 23.3. The van der Waals surface area contributed by atoms with E-state index in [1.165, 1.54) is 38.8 Å². The summed E-state index contributed by atoms with van der Waals surface area (Å²) in [6, 6.07) is 90.1. The van der Waals surface area contributed by atoms with Crippen LogP contribution >= 0.6 is 0 Å². The highest BCUT2D eigenvalue weighted by molar-refractivity contribution is 6.19. The van der Waals surface area contributed by atoms with Crippen molar-refractivity contribution in [1.82, 2.24) is 0 Å². The molecule has 11 aromatic carbocycles. The molecule has 3 nitrogen and oxygen atoms in total. The van der Waals surface area contributed by atoms with Gasteiger partial charge in [-0.1, -0.05) is 194 Å². The molecule has 2 aromatic heterocycles. The van der Waals surface area contributed by atoms with Crippen LogP contribution in [0.1, 0.15) is 22.3 Å². The first-order chi connectivity index (χ1) is 33.7. The van der Waals surface area contributed by atoms with Crippen LogP contribution in [0.15, 0.2) is 258 Å². The molecule has 0 aliphatic heterocycles. The summed E-state index contributed by atoms with van der Waals surface area (Å²) in [6.45, 7) is 0. The van der Waals surface area contributed by atoms with Crippen molar-refractivity contribution in [3.05, 3.63) is 271 Å². The monoisotopic (exact) mass is 867 g/mol. The maximum atomic E-state index is 6.63. The topological polar surface area (TPSA) is 29.5 Å². The molecule has 0 bridgehead atoms. The fraction of sp³-hybridized carbons (Fsp3) is 0.0154. The number of furan rings is 2. The molecule has 0 amide bonds. The lowest BCUT2D eigenvalue weighted by atomic mass is 9.68. The van der Waals surface area contributed by atoms with Crippen molar-refractivity contribution in [2.45, 2.75) is 5.41 Å². The minimum absolute atomic E-state index is 0.534. The molecule has 68 heavy (non-hydrogen) atoms. The second-order valence-electron chi connectivity index (χ2n) is 17.9. The summed E-state index contributed by atoms with van der Waals surface area (Å²) in [4.78, 5) is 2.45. The molecule has 3 heteroatoms. The number of para-hydroxylation sites is 1. The minimum Gasteiger partial charge on any atom is -0.456 e. The van der Waals surface area contributed by atoms with Crippen molar-refractivity contribution in [2.75, 3.05) is 4.90 Å². The first kappa shape index (κ1) is 38.4. The molecule has 1 aliphatic rings. The van der Waals surface area contributed by atoms with E-state index in [0.29, 0.717) is 0 Å². The van der Waals surface area contributed by atoms with Gasteiger partial charge in [0.2, 0.25) is 0 Å². The summed E-state index contributed by atoms with van der Waals surface area (Å²) in [5.41, 5.74) is 18.3. The zero-order valence-corrected chi connectivity index (χ0v) is 36.9. The Kier molecular flexibility index (Phi) is 8.50. The maximum absolute atomic E-state index is 6.63. The van der Waals surface area contributed by atoms with Gasteiger partial charge in [-0.15, -0.1) is 0 Å². The number of fused-ring (bicyclic) bond motifs is 11. The van der Waals surface area contributed by atoms with Crippen LogP contribution in [0.5, 0.6) is 0 Å². The van der Waals surface area contributed by atoms with Crippen LogP contribution in [0.25, 0.3) is 88.0 Å². The van der Waals surface area contributed by atoms with Crippen molar-refractivity contribution < 1.29 is 8.83 Å². The summed E-state index contributed by atoms with van der Waals surface area (Å²) in [5, 5.41) is 6.80. The van der Waals surface area contributed by atoms with Gasteiger partial charge in [-0.2, -0.15) is 0 Å². The van der Waals surface area contributed by atoms with Crippen molar-refractivity contribution >= 4 is 71.7 Å². The zero-order chi connectivity index (χ0) is 44.8. The smallest absolute Gasteiger partial charge is 0.143 e. The van der Waals surface area contributed by atoms with Gasteiger partial charge in [0.05, 0.1) is 11.1 Å². The van der Waals surface area contributed by atoms with Crippen LogP contribution in [0.2, 0.25) is 0 Å². The molecular formula is C65H41NO2. The fourth-order valence-corrected chi connectivity index (χ4v) is 11.5. The number of benzene rings is 11. The number of nitrogens with zero attached hydrogens (tertiary/aromatic N) is 1. The highest BCUT2D eigenvalue weighted by Crippen LogP contribution is 2.59. The molecule has 0 radical (unpaired) electrons. The Morgan fingerprint density at radius 1 is 0.324 bits per heavy atom. The SMILES string of the molecule is c1ccc(C2(c3ccccc3)c3ccccc3-c3c(N(c4ccc(-c5cccc6oc7ccccc7c56)cc4)c4ccc(-c5cccc6oc7c8ccccc8ccc7c56)cc4)cccc32)cc1. The molecular weight excluding hydrogens is 827 g/mol. The van der Waals surface area contributed by atoms with Gasteiger partial charge in [0.15, 0.2) is 0 Å². The molecule has 0 saturated heterocycles. The third kappa shape index (κ3) is 5.60. The van der Waals surface area contributed by atoms with Crippen molar-refractivity contribution in [1.29, 1.82) is 0 Å². The Balaban J connectivity index is 0.975. The third-order valence-corrected chi connectivity index (χ3v) is 14.4. The lowest BCUT2D eigenvalue weighted by Crippen LogP contribution is -2.28. The zero-order valence-electron chi connectivity index (χ0n) is 36.9. The standard InChI is InChI=1S/C65H41NO2/c1-3-17-45(18-4-1)65(46-19-5-2-6-20-46)55-26-11-9-22-52(55)63-56(65)27-15-28-57(63)66(47-37-32-43(33-38-47)49-24-13-30-59-61(49)53-23-10-12-29-58(53)67-59)48-39-34-44(35-40-48)50-25-14-31-60-62(50)54-41-36-42-16-7-8-21-51(42)64(54)68-60/h1-41H. The van der Waals surface area contributed by atoms with Crippen LogP contribution in [-0.4, -0.2) is 0 Å². The third-order valence-electron chi connectivity index (χ3n) is 14.4. The summed E-state index contributed by atoms with van der Waals surface area (Å²) in [5.74, 6) is 0. The predicted molar refractivity (Wildman–Crippen MR) is 281 cm³/mol. The quantitative estimate of drug-likeness (QED) is 0.160. The molecule has 13 aromatic rings. The number of anilines is 3. The average Bonchev–Trinajstić information content (AvgIpc) is 4.09. The van der Waals surface area contributed by atoms with E-state index in [4.69, 9.17) is 8.83 Å². The average molecular weight is 868 g/mol. The summed E-state index contributed by atoms with van der Waals surface area (Å²) in [6.07, 6.45) is 0. The summed E-state index contributed by atoms with van der Waals surface area (Å²) in [7, 11) is 0. The van der Waals surface area contributed by atoms with Crippen LogP contribution in [-0.2, 0) is 5.41 Å². The predicted octanol–water partition coefficient (Wildman–Crippen LogP) is 17.8. The van der Waals surface area contributed by atoms with Gasteiger partial charge in [0, 0.05) is 43.9 Å². The Morgan fingerprint density at radius 3 is 1.53 bits per heavy atom. The van der Waals surface area contributed by atoms with Crippen LogP contribution < -0.4 is 4.90 Å². The minimum atomic E-state index is -0.534. The molecule has 318 valence electrons. The lowest BCUT2D eigenvalue weighted by Gasteiger charge is -2.34. The number of hydrogen-bond donors (Lipinski definition) is 0. The largest absolute Gasteiger partial charge is 0.456 e. The maximum Gasteiger partial charge on any atom is 0.143 e. The summed E-state index contributed by atoms with van der Waals surface area (Å²) < 4.78 is 13.0. The molecule has 0 unspecified atom stereocenters. The number of rotatable bonds is 7. The van der Waals surface area contributed by atoms with Gasteiger partial charge in [0.25, 0.3) is 0 Å². The molecule has 2 heterocycles.